The molecule has 8 aromatic rings. The van der Waals surface area contributed by atoms with E-state index in [2.05, 4.69) is 210 Å². The third kappa shape index (κ3) is 6.83. The monoisotopic (exact) mass is 753 g/mol. The van der Waals surface area contributed by atoms with E-state index in [9.17, 15) is 0 Å². The Morgan fingerprint density at radius 2 is 0.845 bits per heavy atom. The fourth-order valence-corrected chi connectivity index (χ4v) is 8.99. The van der Waals surface area contributed by atoms with Crippen molar-refractivity contribution in [2.45, 2.75) is 0 Å². The highest BCUT2D eigenvalue weighted by Crippen LogP contribution is 2.44. The molecule has 58 heavy (non-hydrogen) atoms. The summed E-state index contributed by atoms with van der Waals surface area (Å²) in [4.78, 5) is 15.0. The molecule has 0 saturated carbocycles. The van der Waals surface area contributed by atoms with E-state index in [4.69, 9.17) is 4.98 Å². The van der Waals surface area contributed by atoms with Crippen molar-refractivity contribution in [3.05, 3.63) is 176 Å². The van der Waals surface area contributed by atoms with Gasteiger partial charge in [0.1, 0.15) is 0 Å². The Hall–Kier alpha value is -6.53. The van der Waals surface area contributed by atoms with Crippen LogP contribution in [-0.2, 0) is 0 Å². The molecule has 0 aliphatic carbocycles. The maximum atomic E-state index is 5.23. The van der Waals surface area contributed by atoms with Gasteiger partial charge in [-0.2, -0.15) is 0 Å². The van der Waals surface area contributed by atoms with Gasteiger partial charge in [0.15, 0.2) is 0 Å². The molecule has 0 bridgehead atoms. The van der Waals surface area contributed by atoms with E-state index < -0.39 is 0 Å². The SMILES string of the molecule is CN1CCN(c2ccccc2-c2cc(-c3ccccc3-c3cnc(-c4ccccc4)c4ccc(-c5ccccc5)cc34)cc(-c3ccccc3N3CCN(C)C3)c2)C1. The Morgan fingerprint density at radius 1 is 0.362 bits per heavy atom. The molecule has 5 heteroatoms. The minimum absolute atomic E-state index is 0.918. The number of aromatic nitrogens is 1. The van der Waals surface area contributed by atoms with Crippen molar-refractivity contribution >= 4 is 22.1 Å². The summed E-state index contributed by atoms with van der Waals surface area (Å²) in [5.41, 5.74) is 16.6. The topological polar surface area (TPSA) is 25.9 Å². The van der Waals surface area contributed by atoms with Gasteiger partial charge in [-0.25, -0.2) is 0 Å². The van der Waals surface area contributed by atoms with Crippen LogP contribution >= 0.6 is 0 Å². The van der Waals surface area contributed by atoms with E-state index in [1.54, 1.807) is 0 Å². The first-order valence-corrected chi connectivity index (χ1v) is 20.4. The van der Waals surface area contributed by atoms with Crippen LogP contribution in [0.25, 0.3) is 77.7 Å². The molecular formula is C53H47N5. The van der Waals surface area contributed by atoms with Crippen LogP contribution in [0.4, 0.5) is 11.4 Å². The zero-order valence-corrected chi connectivity index (χ0v) is 33.2. The normalized spacial score (nSPS) is 14.8. The molecule has 5 nitrogen and oxygen atoms in total. The highest BCUT2D eigenvalue weighted by atomic mass is 15.4. The summed E-state index contributed by atoms with van der Waals surface area (Å²) in [7, 11) is 4.41. The fraction of sp³-hybridized carbons (Fsp3) is 0.151. The number of pyridine rings is 1. The Bertz CT molecular complexity index is 2660. The van der Waals surface area contributed by atoms with E-state index in [-0.39, 0.29) is 0 Å². The van der Waals surface area contributed by atoms with Gasteiger partial charge in [0.2, 0.25) is 0 Å². The lowest BCUT2D eigenvalue weighted by atomic mass is 9.87. The summed E-state index contributed by atoms with van der Waals surface area (Å²) >= 11 is 0. The lowest BCUT2D eigenvalue weighted by Crippen LogP contribution is -2.23. The zero-order valence-electron chi connectivity index (χ0n) is 33.2. The molecule has 284 valence electrons. The number of anilines is 2. The number of likely N-dealkylation sites (N-methyl/N-ethyl adjacent to an activating group) is 2. The van der Waals surface area contributed by atoms with Crippen LogP contribution in [0.5, 0.6) is 0 Å². The first kappa shape index (κ1) is 35.9. The standard InChI is InChI=1S/C53H47N5/c1-55-27-29-57(36-55)51-23-13-11-20-45(51)42-31-41(32-43(33-42)46-21-12-14-24-52(46)58-30-28-56(2)37-58)44-19-9-10-22-47(44)50-35-54-53(39-17-7-4-8-18-39)48-26-25-40(34-49(48)50)38-15-5-3-6-16-38/h3-26,31-35H,27-30,36-37H2,1-2H3. The van der Waals surface area contributed by atoms with Gasteiger partial charge in [-0.1, -0.05) is 133 Å². The molecule has 1 aromatic heterocycles. The second-order valence-corrected chi connectivity index (χ2v) is 15.9. The first-order chi connectivity index (χ1) is 28.6. The van der Waals surface area contributed by atoms with Crippen molar-refractivity contribution in [3.63, 3.8) is 0 Å². The molecular weight excluding hydrogens is 707 g/mol. The third-order valence-corrected chi connectivity index (χ3v) is 11.9. The molecule has 7 aromatic carbocycles. The lowest BCUT2D eigenvalue weighted by molar-refractivity contribution is 0.421. The Labute approximate surface area is 342 Å². The van der Waals surface area contributed by atoms with Gasteiger partial charge in [-0.15, -0.1) is 0 Å². The number of hydrogen-bond acceptors (Lipinski definition) is 5. The van der Waals surface area contributed by atoms with Crippen LogP contribution in [0.2, 0.25) is 0 Å². The van der Waals surface area contributed by atoms with Gasteiger partial charge in [-0.05, 0) is 94.8 Å². The van der Waals surface area contributed by atoms with Crippen LogP contribution in [0.15, 0.2) is 176 Å². The summed E-state index contributed by atoms with van der Waals surface area (Å²) < 4.78 is 0. The van der Waals surface area contributed by atoms with E-state index in [0.717, 1.165) is 67.3 Å². The zero-order chi connectivity index (χ0) is 39.0. The molecule has 0 unspecified atom stereocenters. The van der Waals surface area contributed by atoms with Crippen molar-refractivity contribution < 1.29 is 0 Å². The van der Waals surface area contributed by atoms with E-state index in [1.807, 2.05) is 0 Å². The first-order valence-electron chi connectivity index (χ1n) is 20.4. The van der Waals surface area contributed by atoms with Gasteiger partial charge >= 0.3 is 0 Å². The summed E-state index contributed by atoms with van der Waals surface area (Å²) in [5, 5.41) is 2.33. The van der Waals surface area contributed by atoms with Crippen LogP contribution in [-0.4, -0.2) is 68.4 Å². The molecule has 10 rings (SSSR count). The number of para-hydroxylation sites is 2. The second-order valence-electron chi connectivity index (χ2n) is 15.9. The lowest BCUT2D eigenvalue weighted by Gasteiger charge is -2.24. The number of fused-ring (bicyclic) bond motifs is 1. The molecule has 2 fully saturated rings. The van der Waals surface area contributed by atoms with Crippen molar-refractivity contribution in [2.24, 2.45) is 0 Å². The fourth-order valence-electron chi connectivity index (χ4n) is 8.99. The van der Waals surface area contributed by atoms with E-state index >= 15 is 0 Å². The number of rotatable bonds is 8. The highest BCUT2D eigenvalue weighted by molar-refractivity contribution is 6.07. The van der Waals surface area contributed by atoms with Crippen LogP contribution in [0.1, 0.15) is 0 Å². The van der Waals surface area contributed by atoms with Crippen molar-refractivity contribution in [2.75, 3.05) is 63.4 Å². The van der Waals surface area contributed by atoms with Crippen LogP contribution in [0, 0.1) is 0 Å². The molecule has 2 aliphatic rings. The van der Waals surface area contributed by atoms with Crippen LogP contribution < -0.4 is 9.80 Å². The molecule has 2 aliphatic heterocycles. The maximum Gasteiger partial charge on any atom is 0.0780 e. The van der Waals surface area contributed by atoms with E-state index in [1.165, 1.54) is 61.3 Å². The quantitative estimate of drug-likeness (QED) is 0.154. The number of nitrogens with zero attached hydrogens (tertiary/aromatic N) is 5. The van der Waals surface area contributed by atoms with Crippen LogP contribution in [0.3, 0.4) is 0 Å². The largest absolute Gasteiger partial charge is 0.357 e. The molecule has 0 spiro atoms. The molecule has 0 amide bonds. The summed E-state index contributed by atoms with van der Waals surface area (Å²) in [6.45, 7) is 5.98. The van der Waals surface area contributed by atoms with Gasteiger partial charge < -0.3 is 9.80 Å². The number of benzene rings is 7. The maximum absolute atomic E-state index is 5.23. The predicted molar refractivity (Wildman–Crippen MR) is 244 cm³/mol. The Morgan fingerprint density at radius 3 is 1.40 bits per heavy atom. The van der Waals surface area contributed by atoms with Gasteiger partial charge in [-0.3, -0.25) is 14.8 Å². The average molecular weight is 754 g/mol. The summed E-state index contributed by atoms with van der Waals surface area (Å²) in [6, 6.07) is 62.2. The molecule has 2 saturated heterocycles. The van der Waals surface area contributed by atoms with Crippen molar-refractivity contribution in [3.8, 4) is 66.9 Å². The molecule has 0 radical (unpaired) electrons. The number of hydrogen-bond donors (Lipinski definition) is 0. The van der Waals surface area contributed by atoms with Gasteiger partial charge in [0.05, 0.1) is 19.0 Å². The molecule has 0 N–H and O–H groups in total. The Balaban J connectivity index is 1.19. The van der Waals surface area contributed by atoms with Gasteiger partial charge in [0, 0.05) is 71.4 Å². The summed E-state index contributed by atoms with van der Waals surface area (Å²) in [6.07, 6.45) is 2.10. The molecule has 3 heterocycles. The minimum atomic E-state index is 0.918. The second kappa shape index (κ2) is 15.4. The van der Waals surface area contributed by atoms with Crippen molar-refractivity contribution in [1.82, 2.24) is 14.8 Å². The third-order valence-electron chi connectivity index (χ3n) is 11.9. The average Bonchev–Trinajstić information content (AvgIpc) is 3.94. The summed E-state index contributed by atoms with van der Waals surface area (Å²) in [5.74, 6) is 0. The smallest absolute Gasteiger partial charge is 0.0780 e. The minimum Gasteiger partial charge on any atom is -0.357 e. The predicted octanol–water partition coefficient (Wildman–Crippen LogP) is 11.7. The highest BCUT2D eigenvalue weighted by Gasteiger charge is 2.24. The Kier molecular flexibility index (Phi) is 9.54. The van der Waals surface area contributed by atoms with Gasteiger partial charge in [0.25, 0.3) is 0 Å². The van der Waals surface area contributed by atoms with Crippen molar-refractivity contribution in [1.29, 1.82) is 0 Å². The molecule has 0 atom stereocenters. The van der Waals surface area contributed by atoms with E-state index in [0.29, 0.717) is 0 Å².